The lowest BCUT2D eigenvalue weighted by atomic mass is 10.0. The van der Waals surface area contributed by atoms with Crippen molar-refractivity contribution in [1.29, 1.82) is 0 Å². The molecular weight excluding hydrogens is 618 g/mol. The van der Waals surface area contributed by atoms with E-state index in [9.17, 15) is 0 Å². The molecule has 32 heavy (non-hydrogen) atoms. The predicted octanol–water partition coefficient (Wildman–Crippen LogP) is 0.764. The van der Waals surface area contributed by atoms with E-state index in [1.807, 2.05) is 0 Å². The fourth-order valence-corrected chi connectivity index (χ4v) is 3.90. The average molecular weight is 656 g/mol. The third kappa shape index (κ3) is 9.46. The maximum atomic E-state index is 2.30. The minimum absolute atomic E-state index is 0. The van der Waals surface area contributed by atoms with Gasteiger partial charge >= 0.3 is 0 Å². The van der Waals surface area contributed by atoms with Crippen LogP contribution in [0.2, 0.25) is 0 Å². The topological polar surface area (TPSA) is 7.76 Å². The Morgan fingerprint density at radius 3 is 1.06 bits per heavy atom. The molecule has 4 heteroatoms. The standard InChI is InChI=1S/C28H38N2.2HI/c1-3-5-7-9-19-29-21-15-27(16-22-29)25-11-13-26(14-12-25)28-17-23-30(24-18-28)20-10-8-6-4-2;;/h11-18,21-24H,3-10,19-20H2,1-2H3;2*1H/q+2;;/p-2. The summed E-state index contributed by atoms with van der Waals surface area (Å²) in [4.78, 5) is 0. The van der Waals surface area contributed by atoms with Crippen molar-refractivity contribution in [2.45, 2.75) is 78.3 Å². The van der Waals surface area contributed by atoms with Crippen molar-refractivity contribution in [1.82, 2.24) is 0 Å². The van der Waals surface area contributed by atoms with E-state index in [-0.39, 0.29) is 48.0 Å². The normalized spacial score (nSPS) is 10.3. The summed E-state index contributed by atoms with van der Waals surface area (Å²) in [6.07, 6.45) is 19.3. The molecule has 3 rings (SSSR count). The Labute approximate surface area is 229 Å². The van der Waals surface area contributed by atoms with Gasteiger partial charge in [0, 0.05) is 37.1 Å². The zero-order valence-electron chi connectivity index (χ0n) is 19.6. The lowest BCUT2D eigenvalue weighted by Crippen LogP contribution is -3.00. The summed E-state index contributed by atoms with van der Waals surface area (Å²) in [7, 11) is 0. The first-order valence-corrected chi connectivity index (χ1v) is 11.9. The second kappa shape index (κ2) is 16.6. The highest BCUT2D eigenvalue weighted by atomic mass is 127. The number of pyridine rings is 2. The van der Waals surface area contributed by atoms with Crippen LogP contribution in [-0.4, -0.2) is 0 Å². The summed E-state index contributed by atoms with van der Waals surface area (Å²) in [6, 6.07) is 17.9. The van der Waals surface area contributed by atoms with Crippen molar-refractivity contribution in [2.24, 2.45) is 0 Å². The Kier molecular flexibility index (Phi) is 15.0. The van der Waals surface area contributed by atoms with Gasteiger partial charge in [-0.05, 0) is 35.1 Å². The van der Waals surface area contributed by atoms with Crippen molar-refractivity contribution in [3.63, 3.8) is 0 Å². The minimum atomic E-state index is 0. The van der Waals surface area contributed by atoms with E-state index >= 15 is 0 Å². The zero-order valence-corrected chi connectivity index (χ0v) is 24.0. The summed E-state index contributed by atoms with van der Waals surface area (Å²) in [5.74, 6) is 0. The van der Waals surface area contributed by atoms with E-state index in [1.54, 1.807) is 0 Å². The van der Waals surface area contributed by atoms with Crippen LogP contribution in [0, 0.1) is 0 Å². The van der Waals surface area contributed by atoms with Gasteiger partial charge in [-0.2, -0.15) is 0 Å². The zero-order chi connectivity index (χ0) is 21.0. The summed E-state index contributed by atoms with van der Waals surface area (Å²) in [5, 5.41) is 0. The first-order valence-electron chi connectivity index (χ1n) is 11.9. The third-order valence-corrected chi connectivity index (χ3v) is 5.87. The fourth-order valence-electron chi connectivity index (χ4n) is 3.90. The van der Waals surface area contributed by atoms with Gasteiger partial charge in [-0.1, -0.05) is 63.8 Å². The summed E-state index contributed by atoms with van der Waals surface area (Å²) in [5.41, 5.74) is 5.12. The number of nitrogens with zero attached hydrogens (tertiary/aromatic N) is 2. The average Bonchev–Trinajstić information content (AvgIpc) is 2.81. The van der Waals surface area contributed by atoms with Crippen LogP contribution in [0.15, 0.2) is 73.3 Å². The second-order valence-electron chi connectivity index (χ2n) is 8.35. The lowest BCUT2D eigenvalue weighted by molar-refractivity contribution is -0.697. The van der Waals surface area contributed by atoms with Gasteiger partial charge in [-0.25, -0.2) is 9.13 Å². The van der Waals surface area contributed by atoms with Gasteiger partial charge < -0.3 is 48.0 Å². The highest BCUT2D eigenvalue weighted by molar-refractivity contribution is 5.69. The highest BCUT2D eigenvalue weighted by Crippen LogP contribution is 2.23. The smallest absolute Gasteiger partial charge is 0.169 e. The second-order valence-corrected chi connectivity index (χ2v) is 8.35. The van der Waals surface area contributed by atoms with E-state index in [0.717, 1.165) is 13.1 Å². The third-order valence-electron chi connectivity index (χ3n) is 5.87. The van der Waals surface area contributed by atoms with Crippen LogP contribution in [0.3, 0.4) is 0 Å². The number of aromatic nitrogens is 2. The molecule has 0 radical (unpaired) electrons. The van der Waals surface area contributed by atoms with Crippen LogP contribution in [-0.2, 0) is 13.1 Å². The molecule has 0 N–H and O–H groups in total. The van der Waals surface area contributed by atoms with Crippen molar-refractivity contribution in [2.75, 3.05) is 0 Å². The van der Waals surface area contributed by atoms with Crippen molar-refractivity contribution in [3.8, 4) is 22.3 Å². The van der Waals surface area contributed by atoms with Crippen LogP contribution in [0.5, 0.6) is 0 Å². The quantitative estimate of drug-likeness (QED) is 0.155. The number of aryl methyl sites for hydroxylation is 2. The molecule has 0 aliphatic carbocycles. The highest BCUT2D eigenvalue weighted by Gasteiger charge is 2.06. The number of halogens is 2. The maximum Gasteiger partial charge on any atom is 0.169 e. The molecule has 0 aliphatic heterocycles. The monoisotopic (exact) mass is 656 g/mol. The molecule has 0 bridgehead atoms. The first kappa shape index (κ1) is 29.0. The molecule has 1 aromatic carbocycles. The Hall–Kier alpha value is -1.02. The van der Waals surface area contributed by atoms with Gasteiger partial charge in [0.05, 0.1) is 0 Å². The number of hydrogen-bond donors (Lipinski definition) is 0. The molecule has 0 spiro atoms. The van der Waals surface area contributed by atoms with E-state index < -0.39 is 0 Å². The Balaban J connectivity index is 0.00000256. The van der Waals surface area contributed by atoms with Gasteiger partial charge in [0.15, 0.2) is 24.8 Å². The number of rotatable bonds is 12. The van der Waals surface area contributed by atoms with Crippen LogP contribution < -0.4 is 57.1 Å². The van der Waals surface area contributed by atoms with Gasteiger partial charge in [0.2, 0.25) is 0 Å². The number of hydrogen-bond acceptors (Lipinski definition) is 0. The van der Waals surface area contributed by atoms with Gasteiger partial charge in [0.25, 0.3) is 0 Å². The Bertz CT molecular complexity index is 785. The largest absolute Gasteiger partial charge is 1.00 e. The summed E-state index contributed by atoms with van der Waals surface area (Å²) in [6.45, 7) is 6.76. The molecule has 2 aromatic heterocycles. The van der Waals surface area contributed by atoms with Gasteiger partial charge in [0.1, 0.15) is 13.1 Å². The molecule has 0 amide bonds. The molecule has 3 aromatic rings. The number of unbranched alkanes of at least 4 members (excludes halogenated alkanes) is 6. The molecule has 2 heterocycles. The van der Waals surface area contributed by atoms with Crippen molar-refractivity contribution < 1.29 is 57.1 Å². The Morgan fingerprint density at radius 2 is 0.750 bits per heavy atom. The molecular formula is C28H38I2N2. The van der Waals surface area contributed by atoms with Gasteiger partial charge in [-0.15, -0.1) is 0 Å². The van der Waals surface area contributed by atoms with Crippen molar-refractivity contribution in [3.05, 3.63) is 73.3 Å². The van der Waals surface area contributed by atoms with E-state index in [0.29, 0.717) is 0 Å². The molecule has 0 unspecified atom stereocenters. The van der Waals surface area contributed by atoms with Crippen LogP contribution in [0.25, 0.3) is 22.3 Å². The minimum Gasteiger partial charge on any atom is -1.00 e. The predicted molar refractivity (Wildman–Crippen MR) is 126 cm³/mol. The molecule has 0 fully saturated rings. The fraction of sp³-hybridized carbons (Fsp3) is 0.429. The van der Waals surface area contributed by atoms with Gasteiger partial charge in [-0.3, -0.25) is 0 Å². The molecule has 0 atom stereocenters. The Morgan fingerprint density at radius 1 is 0.438 bits per heavy atom. The van der Waals surface area contributed by atoms with Crippen LogP contribution in [0.1, 0.15) is 65.2 Å². The molecule has 2 nitrogen and oxygen atoms in total. The summed E-state index contributed by atoms with van der Waals surface area (Å²) < 4.78 is 4.60. The first-order chi connectivity index (χ1) is 14.8. The van der Waals surface area contributed by atoms with Crippen molar-refractivity contribution >= 4 is 0 Å². The molecule has 0 saturated heterocycles. The van der Waals surface area contributed by atoms with Crippen LogP contribution in [0.4, 0.5) is 0 Å². The maximum absolute atomic E-state index is 2.30. The van der Waals surface area contributed by atoms with E-state index in [1.165, 1.54) is 73.6 Å². The SMILES string of the molecule is CCCCCC[n+]1ccc(-c2ccc(-c3cc[n+](CCCCCC)cc3)cc2)cc1.[I-].[I-]. The number of benzene rings is 1. The van der Waals surface area contributed by atoms with E-state index in [4.69, 9.17) is 0 Å². The molecule has 0 saturated carbocycles. The van der Waals surface area contributed by atoms with E-state index in [2.05, 4.69) is 96.3 Å². The summed E-state index contributed by atoms with van der Waals surface area (Å²) >= 11 is 0. The molecule has 174 valence electrons. The molecule has 0 aliphatic rings. The van der Waals surface area contributed by atoms with Crippen LogP contribution >= 0.6 is 0 Å². The lowest BCUT2D eigenvalue weighted by Gasteiger charge is -2.05.